The summed E-state index contributed by atoms with van der Waals surface area (Å²) in [6.45, 7) is 2.93. The molecule has 0 aromatic heterocycles. The molecule has 0 aliphatic carbocycles. The van der Waals surface area contributed by atoms with Crippen LogP contribution in [0.2, 0.25) is 0 Å². The Balaban J connectivity index is 1.81. The van der Waals surface area contributed by atoms with E-state index in [1.54, 1.807) is 38.1 Å². The molecule has 0 spiro atoms. The lowest BCUT2D eigenvalue weighted by Crippen LogP contribution is -2.48. The molecular weight excluding hydrogens is 386 g/mol. The molecule has 1 aliphatic heterocycles. The summed E-state index contributed by atoms with van der Waals surface area (Å²) in [6.07, 6.45) is 0.345. The van der Waals surface area contributed by atoms with E-state index < -0.39 is 46.4 Å². The van der Waals surface area contributed by atoms with Crippen molar-refractivity contribution in [2.75, 3.05) is 23.4 Å². The van der Waals surface area contributed by atoms with Gasteiger partial charge in [0.05, 0.1) is 11.5 Å². The van der Waals surface area contributed by atoms with Gasteiger partial charge in [0.1, 0.15) is 6.04 Å². The monoisotopic (exact) mass is 411 g/mol. The maximum Gasteiger partial charge on any atom is 0.329 e. The van der Waals surface area contributed by atoms with Gasteiger partial charge >= 0.3 is 12.0 Å². The Labute approximate surface area is 164 Å². The number of nitrogens with one attached hydrogen (secondary N) is 3. The molecule has 0 saturated carbocycles. The molecule has 3 N–H and O–H groups in total. The van der Waals surface area contributed by atoms with Crippen molar-refractivity contribution in [1.82, 2.24) is 10.6 Å². The first-order chi connectivity index (χ1) is 13.2. The van der Waals surface area contributed by atoms with Gasteiger partial charge in [-0.3, -0.25) is 4.79 Å². The van der Waals surface area contributed by atoms with Crippen molar-refractivity contribution in [3.8, 4) is 0 Å². The molecule has 1 heterocycles. The Kier molecular flexibility index (Phi) is 7.38. The number of amides is 3. The van der Waals surface area contributed by atoms with Crippen LogP contribution in [0.25, 0.3) is 0 Å². The average molecular weight is 411 g/mol. The van der Waals surface area contributed by atoms with Crippen molar-refractivity contribution in [1.29, 1.82) is 0 Å². The lowest BCUT2D eigenvalue weighted by molar-refractivity contribution is -0.151. The minimum atomic E-state index is -3.11. The van der Waals surface area contributed by atoms with Crippen molar-refractivity contribution in [3.05, 3.63) is 30.3 Å². The molecule has 28 heavy (non-hydrogen) atoms. The largest absolute Gasteiger partial charge is 0.454 e. The van der Waals surface area contributed by atoms with Crippen molar-refractivity contribution in [3.63, 3.8) is 0 Å². The minimum Gasteiger partial charge on any atom is -0.454 e. The van der Waals surface area contributed by atoms with Crippen LogP contribution < -0.4 is 16.0 Å². The second-order valence-corrected chi connectivity index (χ2v) is 9.19. The predicted octanol–water partition coefficient (Wildman–Crippen LogP) is 0.679. The number of benzene rings is 1. The zero-order valence-electron chi connectivity index (χ0n) is 15.8. The highest BCUT2D eigenvalue weighted by molar-refractivity contribution is 7.91. The SMILES string of the molecule is CC(C)[C@@H](NC(=O)Nc1ccccc1)C(=O)OCC(=O)N[C@H]1CCS(=O)(=O)C1. The highest BCUT2D eigenvalue weighted by Gasteiger charge is 2.30. The quantitative estimate of drug-likeness (QED) is 0.566. The molecule has 3 amide bonds. The van der Waals surface area contributed by atoms with E-state index in [1.807, 2.05) is 6.07 Å². The smallest absolute Gasteiger partial charge is 0.329 e. The standard InChI is InChI=1S/C18H25N3O6S/c1-12(2)16(21-18(24)20-13-6-4-3-5-7-13)17(23)27-10-15(22)19-14-8-9-28(25,26)11-14/h3-7,12,14,16H,8-11H2,1-2H3,(H,19,22)(H2,20,21,24)/t14-,16+/m0/s1. The summed E-state index contributed by atoms with van der Waals surface area (Å²) in [7, 11) is -3.11. The first-order valence-electron chi connectivity index (χ1n) is 8.95. The van der Waals surface area contributed by atoms with E-state index in [4.69, 9.17) is 4.74 Å². The first-order valence-corrected chi connectivity index (χ1v) is 10.8. The van der Waals surface area contributed by atoms with Crippen molar-refractivity contribution >= 4 is 33.4 Å². The summed E-state index contributed by atoms with van der Waals surface area (Å²) in [4.78, 5) is 36.3. The number of hydrogen-bond acceptors (Lipinski definition) is 6. The van der Waals surface area contributed by atoms with E-state index in [0.29, 0.717) is 12.1 Å². The normalized spacial score (nSPS) is 18.9. The highest BCUT2D eigenvalue weighted by atomic mass is 32.2. The summed E-state index contributed by atoms with van der Waals surface area (Å²) in [5, 5.41) is 7.68. The van der Waals surface area contributed by atoms with Gasteiger partial charge in [-0.05, 0) is 24.5 Å². The molecule has 0 bridgehead atoms. The third-order valence-corrected chi connectivity index (χ3v) is 5.95. The fourth-order valence-corrected chi connectivity index (χ4v) is 4.41. The summed E-state index contributed by atoms with van der Waals surface area (Å²) < 4.78 is 27.8. The zero-order valence-corrected chi connectivity index (χ0v) is 16.6. The number of rotatable bonds is 7. The van der Waals surface area contributed by atoms with Gasteiger partial charge in [0.25, 0.3) is 5.91 Å². The molecule has 9 nitrogen and oxygen atoms in total. The molecular formula is C18H25N3O6S. The maximum absolute atomic E-state index is 12.3. The molecule has 2 atom stereocenters. The minimum absolute atomic E-state index is 0.0353. The van der Waals surface area contributed by atoms with Crippen LogP contribution in [0.5, 0.6) is 0 Å². The second-order valence-electron chi connectivity index (χ2n) is 6.96. The second kappa shape index (κ2) is 9.54. The lowest BCUT2D eigenvalue weighted by Gasteiger charge is -2.21. The van der Waals surface area contributed by atoms with Crippen LogP contribution in [-0.4, -0.2) is 56.5 Å². The van der Waals surface area contributed by atoms with E-state index in [9.17, 15) is 22.8 Å². The Morgan fingerprint density at radius 3 is 2.43 bits per heavy atom. The molecule has 154 valence electrons. The highest BCUT2D eigenvalue weighted by Crippen LogP contribution is 2.11. The summed E-state index contributed by atoms with van der Waals surface area (Å²) in [5.74, 6) is -1.66. The van der Waals surface area contributed by atoms with Gasteiger partial charge in [-0.25, -0.2) is 18.0 Å². The molecule has 10 heteroatoms. The average Bonchev–Trinajstić information content (AvgIpc) is 2.96. The van der Waals surface area contributed by atoms with Crippen LogP contribution in [0.15, 0.2) is 30.3 Å². The van der Waals surface area contributed by atoms with E-state index >= 15 is 0 Å². The van der Waals surface area contributed by atoms with Crippen LogP contribution in [0, 0.1) is 5.92 Å². The van der Waals surface area contributed by atoms with E-state index in [1.165, 1.54) is 0 Å². The molecule has 0 unspecified atom stereocenters. The number of urea groups is 1. The fraction of sp³-hybridized carbons (Fsp3) is 0.500. The molecule has 0 radical (unpaired) electrons. The number of esters is 1. The number of hydrogen-bond donors (Lipinski definition) is 3. The molecule has 1 saturated heterocycles. The van der Waals surface area contributed by atoms with E-state index in [0.717, 1.165) is 0 Å². The van der Waals surface area contributed by atoms with Gasteiger partial charge in [0.15, 0.2) is 16.4 Å². The van der Waals surface area contributed by atoms with Crippen molar-refractivity contribution < 1.29 is 27.5 Å². The number of sulfone groups is 1. The zero-order chi connectivity index (χ0) is 20.7. The summed E-state index contributed by atoms with van der Waals surface area (Å²) in [5.41, 5.74) is 0.571. The van der Waals surface area contributed by atoms with Gasteiger partial charge in [0, 0.05) is 11.7 Å². The third-order valence-electron chi connectivity index (χ3n) is 4.18. The number of para-hydroxylation sites is 1. The van der Waals surface area contributed by atoms with Crippen LogP contribution in [0.1, 0.15) is 20.3 Å². The molecule has 1 aliphatic rings. The number of carbonyl (C=O) groups excluding carboxylic acids is 3. The Bertz CT molecular complexity index is 810. The van der Waals surface area contributed by atoms with Crippen LogP contribution in [-0.2, 0) is 24.2 Å². The van der Waals surface area contributed by atoms with Crippen LogP contribution in [0.3, 0.4) is 0 Å². The summed E-state index contributed by atoms with van der Waals surface area (Å²) >= 11 is 0. The van der Waals surface area contributed by atoms with Gasteiger partial charge in [-0.1, -0.05) is 32.0 Å². The van der Waals surface area contributed by atoms with E-state index in [2.05, 4.69) is 16.0 Å². The molecule has 1 aromatic carbocycles. The number of carbonyl (C=O) groups is 3. The first kappa shape index (κ1) is 21.7. The van der Waals surface area contributed by atoms with Gasteiger partial charge in [-0.15, -0.1) is 0 Å². The Morgan fingerprint density at radius 2 is 1.86 bits per heavy atom. The molecule has 2 rings (SSSR count). The Morgan fingerprint density at radius 1 is 1.18 bits per heavy atom. The Hall–Kier alpha value is -2.62. The predicted molar refractivity (Wildman–Crippen MR) is 103 cm³/mol. The molecule has 1 aromatic rings. The summed E-state index contributed by atoms with van der Waals surface area (Å²) in [6, 6.07) is 6.77. The van der Waals surface area contributed by atoms with Crippen LogP contribution in [0.4, 0.5) is 10.5 Å². The topological polar surface area (TPSA) is 131 Å². The maximum atomic E-state index is 12.3. The van der Waals surface area contributed by atoms with Crippen LogP contribution >= 0.6 is 0 Å². The molecule has 1 fully saturated rings. The van der Waals surface area contributed by atoms with Crippen molar-refractivity contribution in [2.24, 2.45) is 5.92 Å². The number of ether oxygens (including phenoxy) is 1. The van der Waals surface area contributed by atoms with Gasteiger partial charge in [0.2, 0.25) is 0 Å². The van der Waals surface area contributed by atoms with Crippen molar-refractivity contribution in [2.45, 2.75) is 32.4 Å². The number of anilines is 1. The van der Waals surface area contributed by atoms with Gasteiger partial charge < -0.3 is 20.7 Å². The fourth-order valence-electron chi connectivity index (χ4n) is 2.73. The lowest BCUT2D eigenvalue weighted by atomic mass is 10.1. The van der Waals surface area contributed by atoms with Gasteiger partial charge in [-0.2, -0.15) is 0 Å². The third kappa shape index (κ3) is 6.84. The van der Waals surface area contributed by atoms with E-state index in [-0.39, 0.29) is 17.4 Å².